The molecule has 0 aromatic heterocycles. The van der Waals surface area contributed by atoms with Gasteiger partial charge in [-0.05, 0) is 30.3 Å². The van der Waals surface area contributed by atoms with Crippen molar-refractivity contribution in [3.05, 3.63) is 57.1 Å². The third-order valence-corrected chi connectivity index (χ3v) is 3.95. The number of nitro groups is 1. The van der Waals surface area contributed by atoms with Crippen LogP contribution in [0.25, 0.3) is 0 Å². The first-order chi connectivity index (χ1) is 9.77. The van der Waals surface area contributed by atoms with Crippen LogP contribution in [0.4, 0.5) is 5.69 Å². The Balaban J connectivity index is 2.48. The average Bonchev–Trinajstić information content (AvgIpc) is 2.40. The van der Waals surface area contributed by atoms with Gasteiger partial charge in [-0.25, -0.2) is 13.6 Å². The molecule has 2 N–H and O–H groups in total. The Kier molecular flexibility index (Phi) is 4.26. The summed E-state index contributed by atoms with van der Waals surface area (Å²) in [5, 5.41) is 15.8. The summed E-state index contributed by atoms with van der Waals surface area (Å²) in [6.07, 6.45) is 0. The minimum absolute atomic E-state index is 0.0783. The molecule has 0 spiro atoms. The molecule has 0 amide bonds. The Morgan fingerprint density at radius 2 is 1.76 bits per heavy atom. The summed E-state index contributed by atoms with van der Waals surface area (Å²) < 4.78 is 29.3. The monoisotopic (exact) mass is 372 g/mol. The van der Waals surface area contributed by atoms with Gasteiger partial charge in [0.1, 0.15) is 16.4 Å². The highest BCUT2D eigenvalue weighted by Gasteiger charge is 2.20. The van der Waals surface area contributed by atoms with E-state index in [0.717, 1.165) is 16.6 Å². The number of benzene rings is 2. The zero-order chi connectivity index (χ0) is 15.6. The number of rotatable bonds is 4. The molecule has 110 valence electrons. The molecule has 0 aliphatic rings. The standard InChI is InChI=1S/C12H9BrN2O5S/c13-8-1-4-10(5-2-8)20-11-6-3-9(15(16)17)7-12(11)21(14,18)19/h1-7H,(H2,14,18,19). The molecule has 0 aliphatic carbocycles. The first-order valence-electron chi connectivity index (χ1n) is 5.52. The number of primary sulfonamides is 1. The molecule has 7 nitrogen and oxygen atoms in total. The number of ether oxygens (including phenoxy) is 1. The molecule has 0 atom stereocenters. The van der Waals surface area contributed by atoms with Crippen LogP contribution in [0.15, 0.2) is 51.8 Å². The van der Waals surface area contributed by atoms with Gasteiger partial charge in [0.05, 0.1) is 4.92 Å². The minimum atomic E-state index is -4.16. The highest BCUT2D eigenvalue weighted by atomic mass is 79.9. The summed E-state index contributed by atoms with van der Waals surface area (Å²) in [5.74, 6) is 0.294. The van der Waals surface area contributed by atoms with Gasteiger partial charge in [0.2, 0.25) is 10.0 Å². The largest absolute Gasteiger partial charge is 0.456 e. The molecule has 0 unspecified atom stereocenters. The topological polar surface area (TPSA) is 113 Å². The number of hydrogen-bond donors (Lipinski definition) is 1. The number of sulfonamides is 1. The van der Waals surface area contributed by atoms with Gasteiger partial charge < -0.3 is 4.74 Å². The van der Waals surface area contributed by atoms with Crippen molar-refractivity contribution >= 4 is 31.6 Å². The lowest BCUT2D eigenvalue weighted by Gasteiger charge is -2.09. The number of non-ortho nitro benzene ring substituents is 1. The van der Waals surface area contributed by atoms with Crippen molar-refractivity contribution in [2.75, 3.05) is 0 Å². The van der Waals surface area contributed by atoms with Crippen LogP contribution in [0.2, 0.25) is 0 Å². The number of nitrogens with zero attached hydrogens (tertiary/aromatic N) is 1. The van der Waals surface area contributed by atoms with Crippen LogP contribution < -0.4 is 9.88 Å². The molecule has 9 heteroatoms. The summed E-state index contributed by atoms with van der Waals surface area (Å²) in [5.41, 5.74) is -0.387. The van der Waals surface area contributed by atoms with Crippen LogP contribution in [-0.2, 0) is 10.0 Å². The van der Waals surface area contributed by atoms with E-state index in [1.807, 2.05) is 0 Å². The lowest BCUT2D eigenvalue weighted by molar-refractivity contribution is -0.385. The van der Waals surface area contributed by atoms with Crippen LogP contribution in [0, 0.1) is 10.1 Å². The maximum Gasteiger partial charge on any atom is 0.271 e. The first-order valence-corrected chi connectivity index (χ1v) is 7.86. The highest BCUT2D eigenvalue weighted by molar-refractivity contribution is 9.10. The Labute approximate surface area is 128 Å². The van der Waals surface area contributed by atoms with E-state index in [1.165, 1.54) is 6.07 Å². The Bertz CT molecular complexity index is 790. The van der Waals surface area contributed by atoms with Gasteiger partial charge in [0.25, 0.3) is 5.69 Å². The number of nitrogens with two attached hydrogens (primary N) is 1. The summed E-state index contributed by atoms with van der Waals surface area (Å²) in [7, 11) is -4.16. The Morgan fingerprint density at radius 3 is 2.29 bits per heavy atom. The SMILES string of the molecule is NS(=O)(=O)c1cc([N+](=O)[O-])ccc1Oc1ccc(Br)cc1. The first kappa shape index (κ1) is 15.4. The molecule has 0 saturated heterocycles. The second-order valence-corrected chi connectivity index (χ2v) is 6.43. The van der Waals surface area contributed by atoms with Crippen LogP contribution in [0.1, 0.15) is 0 Å². The van der Waals surface area contributed by atoms with E-state index in [9.17, 15) is 18.5 Å². The molecule has 0 heterocycles. The molecule has 0 bridgehead atoms. The van der Waals surface area contributed by atoms with E-state index < -0.39 is 19.8 Å². The van der Waals surface area contributed by atoms with E-state index >= 15 is 0 Å². The van der Waals surface area contributed by atoms with Crippen molar-refractivity contribution in [1.82, 2.24) is 0 Å². The molecular weight excluding hydrogens is 364 g/mol. The van der Waals surface area contributed by atoms with Crippen molar-refractivity contribution < 1.29 is 18.1 Å². The quantitative estimate of drug-likeness (QED) is 0.654. The van der Waals surface area contributed by atoms with Crippen LogP contribution in [0.3, 0.4) is 0 Å². The molecule has 2 aromatic carbocycles. The third kappa shape index (κ3) is 3.78. The molecule has 0 saturated carbocycles. The highest BCUT2D eigenvalue weighted by Crippen LogP contribution is 2.31. The van der Waals surface area contributed by atoms with Gasteiger partial charge in [-0.1, -0.05) is 15.9 Å². The average molecular weight is 373 g/mol. The summed E-state index contributed by atoms with van der Waals surface area (Å²) >= 11 is 3.26. The fourth-order valence-corrected chi connectivity index (χ4v) is 2.49. The van der Waals surface area contributed by atoms with Gasteiger partial charge in [-0.3, -0.25) is 10.1 Å². The van der Waals surface area contributed by atoms with E-state index in [1.54, 1.807) is 24.3 Å². The Hall–Kier alpha value is -1.97. The lowest BCUT2D eigenvalue weighted by atomic mass is 10.3. The molecule has 0 aliphatic heterocycles. The summed E-state index contributed by atoms with van der Waals surface area (Å²) in [6.45, 7) is 0. The van der Waals surface area contributed by atoms with Crippen molar-refractivity contribution in [3.8, 4) is 11.5 Å². The molecule has 2 aromatic rings. The van der Waals surface area contributed by atoms with Gasteiger partial charge >= 0.3 is 0 Å². The molecule has 0 fully saturated rings. The fraction of sp³-hybridized carbons (Fsp3) is 0. The maximum absolute atomic E-state index is 11.5. The molecule has 2 rings (SSSR count). The molecule has 21 heavy (non-hydrogen) atoms. The fourth-order valence-electron chi connectivity index (χ4n) is 1.55. The van der Waals surface area contributed by atoms with E-state index in [2.05, 4.69) is 15.9 Å². The third-order valence-electron chi connectivity index (χ3n) is 2.49. The zero-order valence-electron chi connectivity index (χ0n) is 10.4. The van der Waals surface area contributed by atoms with Crippen molar-refractivity contribution in [2.45, 2.75) is 4.90 Å². The van der Waals surface area contributed by atoms with Gasteiger partial charge in [0.15, 0.2) is 0 Å². The van der Waals surface area contributed by atoms with Crippen molar-refractivity contribution in [2.24, 2.45) is 5.14 Å². The van der Waals surface area contributed by atoms with Crippen molar-refractivity contribution in [1.29, 1.82) is 0 Å². The minimum Gasteiger partial charge on any atom is -0.456 e. The van der Waals surface area contributed by atoms with Crippen LogP contribution in [0.5, 0.6) is 11.5 Å². The van der Waals surface area contributed by atoms with E-state index in [4.69, 9.17) is 9.88 Å². The van der Waals surface area contributed by atoms with Crippen LogP contribution in [-0.4, -0.2) is 13.3 Å². The van der Waals surface area contributed by atoms with Gasteiger partial charge in [-0.15, -0.1) is 0 Å². The second-order valence-electron chi connectivity index (χ2n) is 3.99. The van der Waals surface area contributed by atoms with E-state index in [-0.39, 0.29) is 11.4 Å². The number of hydrogen-bond acceptors (Lipinski definition) is 5. The zero-order valence-corrected chi connectivity index (χ0v) is 12.8. The van der Waals surface area contributed by atoms with Crippen LogP contribution >= 0.6 is 15.9 Å². The maximum atomic E-state index is 11.5. The number of halogens is 1. The Morgan fingerprint density at radius 1 is 1.14 bits per heavy atom. The molecular formula is C12H9BrN2O5S. The predicted molar refractivity (Wildman–Crippen MR) is 78.7 cm³/mol. The smallest absolute Gasteiger partial charge is 0.271 e. The number of nitro benzene ring substituents is 1. The lowest BCUT2D eigenvalue weighted by Crippen LogP contribution is -2.13. The van der Waals surface area contributed by atoms with Gasteiger partial charge in [0, 0.05) is 16.6 Å². The molecule has 0 radical (unpaired) electrons. The summed E-state index contributed by atoms with van der Waals surface area (Å²) in [4.78, 5) is 9.56. The van der Waals surface area contributed by atoms with E-state index in [0.29, 0.717) is 5.75 Å². The normalized spacial score (nSPS) is 11.1. The van der Waals surface area contributed by atoms with Gasteiger partial charge in [-0.2, -0.15) is 0 Å². The second kappa shape index (κ2) is 5.80. The predicted octanol–water partition coefficient (Wildman–Crippen LogP) is 2.80. The summed E-state index contributed by atoms with van der Waals surface area (Å²) in [6, 6.07) is 9.83. The van der Waals surface area contributed by atoms with Crippen molar-refractivity contribution in [3.63, 3.8) is 0 Å².